The summed E-state index contributed by atoms with van der Waals surface area (Å²) in [5.74, 6) is 0.477. The van der Waals surface area contributed by atoms with Crippen molar-refractivity contribution in [3.8, 4) is 11.3 Å². The van der Waals surface area contributed by atoms with Crippen LogP contribution in [0.4, 0.5) is 0 Å². The van der Waals surface area contributed by atoms with E-state index >= 15 is 0 Å². The van der Waals surface area contributed by atoms with Gasteiger partial charge in [0.2, 0.25) is 5.91 Å². The minimum atomic E-state index is -0.474. The molecule has 6 nitrogen and oxygen atoms in total. The van der Waals surface area contributed by atoms with Crippen molar-refractivity contribution in [1.29, 1.82) is 0 Å². The normalized spacial score (nSPS) is 20.3. The van der Waals surface area contributed by atoms with Crippen molar-refractivity contribution in [3.63, 3.8) is 0 Å². The number of carbonyl (C=O) groups excluding carboxylic acids is 2. The van der Waals surface area contributed by atoms with E-state index in [1.165, 1.54) is 0 Å². The van der Waals surface area contributed by atoms with Crippen LogP contribution in [-0.4, -0.2) is 40.5 Å². The van der Waals surface area contributed by atoms with E-state index in [1.807, 2.05) is 52.0 Å². The Morgan fingerprint density at radius 2 is 2.04 bits per heavy atom. The summed E-state index contributed by atoms with van der Waals surface area (Å²) in [5.41, 5.74) is 2.25. The van der Waals surface area contributed by atoms with E-state index in [2.05, 4.69) is 10.5 Å². The lowest BCUT2D eigenvalue weighted by molar-refractivity contribution is -0.129. The highest BCUT2D eigenvalue weighted by Gasteiger charge is 2.37. The van der Waals surface area contributed by atoms with Gasteiger partial charge in [0.1, 0.15) is 6.04 Å². The van der Waals surface area contributed by atoms with E-state index in [0.717, 1.165) is 11.1 Å². The Bertz CT molecular complexity index is 795. The Morgan fingerprint density at radius 3 is 2.69 bits per heavy atom. The summed E-state index contributed by atoms with van der Waals surface area (Å²) in [7, 11) is 0. The number of nitrogens with one attached hydrogen (secondary N) is 1. The first kappa shape index (κ1) is 18.2. The van der Waals surface area contributed by atoms with Gasteiger partial charge in [-0.3, -0.25) is 9.59 Å². The molecule has 1 N–H and O–H groups in total. The lowest BCUT2D eigenvalue weighted by Gasteiger charge is -2.38. The quantitative estimate of drug-likeness (QED) is 0.915. The molecule has 1 saturated heterocycles. The molecule has 2 aromatic rings. The van der Waals surface area contributed by atoms with Crippen LogP contribution in [0.5, 0.6) is 0 Å². The summed E-state index contributed by atoms with van der Waals surface area (Å²) in [6.45, 7) is 8.45. The smallest absolute Gasteiger partial charge is 0.276 e. The Balaban J connectivity index is 1.84. The number of aryl methyl sites for hydroxylation is 1. The van der Waals surface area contributed by atoms with Crippen LogP contribution in [0.2, 0.25) is 0 Å². The second kappa shape index (κ2) is 7.32. The predicted octanol–water partition coefficient (Wildman–Crippen LogP) is 3.03. The number of amides is 2. The van der Waals surface area contributed by atoms with Gasteiger partial charge in [-0.05, 0) is 26.2 Å². The molecule has 1 aromatic heterocycles. The monoisotopic (exact) mass is 355 g/mol. The third-order valence-electron chi connectivity index (χ3n) is 4.56. The van der Waals surface area contributed by atoms with Crippen molar-refractivity contribution in [2.75, 3.05) is 6.54 Å². The van der Waals surface area contributed by atoms with Gasteiger partial charge < -0.3 is 14.7 Å². The van der Waals surface area contributed by atoms with Crippen LogP contribution < -0.4 is 5.32 Å². The third-order valence-corrected chi connectivity index (χ3v) is 4.56. The molecular formula is C20H25N3O3. The molecule has 1 aliphatic heterocycles. The van der Waals surface area contributed by atoms with E-state index < -0.39 is 6.04 Å². The van der Waals surface area contributed by atoms with E-state index in [9.17, 15) is 9.59 Å². The summed E-state index contributed by atoms with van der Waals surface area (Å²) in [6.07, 6.45) is 0.618. The maximum Gasteiger partial charge on any atom is 0.276 e. The molecule has 0 radical (unpaired) electrons. The summed E-state index contributed by atoms with van der Waals surface area (Å²) < 4.78 is 5.37. The first-order valence-corrected chi connectivity index (χ1v) is 9.00. The van der Waals surface area contributed by atoms with Gasteiger partial charge >= 0.3 is 0 Å². The van der Waals surface area contributed by atoms with E-state index in [4.69, 9.17) is 4.52 Å². The molecule has 1 aromatic carbocycles. The van der Waals surface area contributed by atoms with Gasteiger partial charge in [0.15, 0.2) is 11.5 Å². The standard InChI is InChI=1S/C20H25N3O3/c1-12(2)9-17-19(24)21-14(4)11-23(17)20(25)16-10-18(26-22-16)15-7-5-13(3)6-8-15/h5-8,10,12,14,17H,9,11H2,1-4H3,(H,21,24). The Labute approximate surface area is 153 Å². The largest absolute Gasteiger partial charge is 0.355 e. The van der Waals surface area contributed by atoms with Crippen LogP contribution >= 0.6 is 0 Å². The van der Waals surface area contributed by atoms with Crippen LogP contribution in [0.1, 0.15) is 43.2 Å². The number of nitrogens with zero attached hydrogens (tertiary/aromatic N) is 2. The minimum Gasteiger partial charge on any atom is -0.355 e. The Morgan fingerprint density at radius 1 is 1.35 bits per heavy atom. The van der Waals surface area contributed by atoms with E-state index in [0.29, 0.717) is 24.6 Å². The number of hydrogen-bond donors (Lipinski definition) is 1. The molecule has 2 heterocycles. The van der Waals surface area contributed by atoms with Crippen molar-refractivity contribution in [3.05, 3.63) is 41.6 Å². The molecule has 6 heteroatoms. The summed E-state index contributed by atoms with van der Waals surface area (Å²) >= 11 is 0. The number of aromatic nitrogens is 1. The Kier molecular flexibility index (Phi) is 5.11. The average Bonchev–Trinajstić information content (AvgIpc) is 3.07. The molecule has 26 heavy (non-hydrogen) atoms. The van der Waals surface area contributed by atoms with E-state index in [1.54, 1.807) is 11.0 Å². The second-order valence-electron chi connectivity index (χ2n) is 7.45. The SMILES string of the molecule is Cc1ccc(-c2cc(C(=O)N3CC(C)NC(=O)C3CC(C)C)no2)cc1. The van der Waals surface area contributed by atoms with Crippen LogP contribution in [0.25, 0.3) is 11.3 Å². The fourth-order valence-corrected chi connectivity index (χ4v) is 3.23. The fourth-order valence-electron chi connectivity index (χ4n) is 3.23. The first-order valence-electron chi connectivity index (χ1n) is 9.00. The lowest BCUT2D eigenvalue weighted by atomic mass is 9.98. The molecule has 2 atom stereocenters. The van der Waals surface area contributed by atoms with E-state index in [-0.39, 0.29) is 23.6 Å². The van der Waals surface area contributed by atoms with Gasteiger partial charge in [-0.1, -0.05) is 48.8 Å². The summed E-state index contributed by atoms with van der Waals surface area (Å²) in [6, 6.07) is 8.92. The average molecular weight is 355 g/mol. The zero-order valence-electron chi connectivity index (χ0n) is 15.7. The maximum absolute atomic E-state index is 13.0. The number of benzene rings is 1. The number of rotatable bonds is 4. The molecule has 2 amide bonds. The zero-order chi connectivity index (χ0) is 18.8. The first-order chi connectivity index (χ1) is 12.3. The van der Waals surface area contributed by atoms with Gasteiger partial charge in [-0.15, -0.1) is 0 Å². The van der Waals surface area contributed by atoms with Gasteiger partial charge in [0.05, 0.1) is 0 Å². The lowest BCUT2D eigenvalue weighted by Crippen LogP contribution is -2.61. The second-order valence-corrected chi connectivity index (χ2v) is 7.45. The molecular weight excluding hydrogens is 330 g/mol. The molecule has 2 unspecified atom stereocenters. The maximum atomic E-state index is 13.0. The van der Waals surface area contributed by atoms with Crippen LogP contribution in [0.3, 0.4) is 0 Å². The molecule has 0 bridgehead atoms. The summed E-state index contributed by atoms with van der Waals surface area (Å²) in [4.78, 5) is 27.0. The molecule has 0 aliphatic carbocycles. The highest BCUT2D eigenvalue weighted by molar-refractivity contribution is 5.97. The van der Waals surface area contributed by atoms with Crippen molar-refractivity contribution in [1.82, 2.24) is 15.4 Å². The van der Waals surface area contributed by atoms with Gasteiger partial charge in [0, 0.05) is 24.2 Å². The molecule has 0 spiro atoms. The number of hydrogen-bond acceptors (Lipinski definition) is 4. The topological polar surface area (TPSA) is 75.4 Å². The minimum absolute atomic E-state index is 0.0849. The van der Waals surface area contributed by atoms with Crippen molar-refractivity contribution in [2.45, 2.75) is 46.2 Å². The molecule has 3 rings (SSSR count). The molecule has 138 valence electrons. The Hall–Kier alpha value is -2.63. The summed E-state index contributed by atoms with van der Waals surface area (Å²) in [5, 5.41) is 6.89. The van der Waals surface area contributed by atoms with Crippen molar-refractivity contribution >= 4 is 11.8 Å². The molecule has 1 aliphatic rings. The zero-order valence-corrected chi connectivity index (χ0v) is 15.7. The fraction of sp³-hybridized carbons (Fsp3) is 0.450. The van der Waals surface area contributed by atoms with Gasteiger partial charge in [0.25, 0.3) is 5.91 Å². The van der Waals surface area contributed by atoms with Gasteiger partial charge in [-0.25, -0.2) is 0 Å². The van der Waals surface area contributed by atoms with Crippen molar-refractivity contribution < 1.29 is 14.1 Å². The third kappa shape index (κ3) is 3.79. The molecule has 0 saturated carbocycles. The van der Waals surface area contributed by atoms with Crippen LogP contribution in [0, 0.1) is 12.8 Å². The van der Waals surface area contributed by atoms with Gasteiger partial charge in [-0.2, -0.15) is 0 Å². The van der Waals surface area contributed by atoms with Crippen LogP contribution in [-0.2, 0) is 4.79 Å². The molecule has 1 fully saturated rings. The predicted molar refractivity (Wildman–Crippen MR) is 98.6 cm³/mol. The highest BCUT2D eigenvalue weighted by Crippen LogP contribution is 2.23. The highest BCUT2D eigenvalue weighted by atomic mass is 16.5. The van der Waals surface area contributed by atoms with Crippen molar-refractivity contribution in [2.24, 2.45) is 5.92 Å². The number of piperazine rings is 1. The number of carbonyl (C=O) groups is 2. The van der Waals surface area contributed by atoms with Crippen LogP contribution in [0.15, 0.2) is 34.9 Å².